The van der Waals surface area contributed by atoms with Crippen molar-refractivity contribution < 1.29 is 14.3 Å². The molecule has 0 saturated carbocycles. The van der Waals surface area contributed by atoms with Gasteiger partial charge in [0.1, 0.15) is 11.9 Å². The highest BCUT2D eigenvalue weighted by Crippen LogP contribution is 2.35. The van der Waals surface area contributed by atoms with E-state index in [1.165, 1.54) is 12.1 Å². The number of hydrogen-bond acceptors (Lipinski definition) is 2. The van der Waals surface area contributed by atoms with Gasteiger partial charge in [0.05, 0.1) is 12.1 Å². The molecule has 5 heteroatoms. The number of fused-ring (bicyclic) bond motifs is 1. The normalized spacial score (nSPS) is 14.8. The molecular formula is C15H11ClFNO2. The minimum absolute atomic E-state index is 0.132. The van der Waals surface area contributed by atoms with Crippen LogP contribution < -0.4 is 5.32 Å². The highest BCUT2D eigenvalue weighted by molar-refractivity contribution is 6.30. The summed E-state index contributed by atoms with van der Waals surface area (Å²) < 4.78 is 13.6. The van der Waals surface area contributed by atoms with E-state index in [9.17, 15) is 14.3 Å². The Morgan fingerprint density at radius 3 is 2.65 bits per heavy atom. The second-order valence-electron chi connectivity index (χ2n) is 4.71. The Bertz CT molecular complexity index is 685. The number of hydrogen-bond donors (Lipinski definition) is 2. The van der Waals surface area contributed by atoms with Crippen LogP contribution in [0, 0.1) is 5.82 Å². The van der Waals surface area contributed by atoms with E-state index in [0.717, 1.165) is 0 Å². The van der Waals surface area contributed by atoms with Crippen LogP contribution in [0.4, 0.5) is 10.1 Å². The lowest BCUT2D eigenvalue weighted by Crippen LogP contribution is -2.07. The van der Waals surface area contributed by atoms with E-state index in [1.54, 1.807) is 24.3 Å². The van der Waals surface area contributed by atoms with Crippen molar-refractivity contribution in [2.75, 3.05) is 5.32 Å². The van der Waals surface area contributed by atoms with Gasteiger partial charge in [0.15, 0.2) is 0 Å². The number of nitrogens with one attached hydrogen (secondary N) is 1. The molecule has 2 aromatic rings. The molecule has 1 amide bonds. The Hall–Kier alpha value is -1.91. The third-order valence-electron chi connectivity index (χ3n) is 3.31. The second kappa shape index (κ2) is 4.89. The minimum atomic E-state index is -1.02. The van der Waals surface area contributed by atoms with Crippen molar-refractivity contribution in [1.82, 2.24) is 0 Å². The molecule has 1 heterocycles. The lowest BCUT2D eigenvalue weighted by Gasteiger charge is -2.15. The third kappa shape index (κ3) is 2.28. The van der Waals surface area contributed by atoms with Crippen molar-refractivity contribution in [3.8, 4) is 0 Å². The predicted molar refractivity (Wildman–Crippen MR) is 74.2 cm³/mol. The van der Waals surface area contributed by atoms with Gasteiger partial charge in [-0.25, -0.2) is 4.39 Å². The molecular weight excluding hydrogens is 281 g/mol. The standard InChI is InChI=1S/C15H11ClFNO2/c16-10-3-1-8(2-4-10)15(20)12-7-11(17)5-9-6-13(19)18-14(9)12/h1-5,7,15,20H,6H2,(H,18,19). The van der Waals surface area contributed by atoms with Crippen molar-refractivity contribution in [3.05, 3.63) is 63.9 Å². The van der Waals surface area contributed by atoms with Gasteiger partial charge < -0.3 is 10.4 Å². The molecule has 3 nitrogen and oxygen atoms in total. The summed E-state index contributed by atoms with van der Waals surface area (Å²) in [5.41, 5.74) is 2.01. The summed E-state index contributed by atoms with van der Waals surface area (Å²) in [7, 11) is 0. The van der Waals surface area contributed by atoms with E-state index in [0.29, 0.717) is 27.4 Å². The minimum Gasteiger partial charge on any atom is -0.384 e. The number of carbonyl (C=O) groups excluding carboxylic acids is 1. The van der Waals surface area contributed by atoms with Crippen LogP contribution >= 0.6 is 11.6 Å². The van der Waals surface area contributed by atoms with Crippen LogP contribution in [0.25, 0.3) is 0 Å². The average molecular weight is 292 g/mol. The van der Waals surface area contributed by atoms with Crippen molar-refractivity contribution in [3.63, 3.8) is 0 Å². The number of benzene rings is 2. The lowest BCUT2D eigenvalue weighted by atomic mass is 9.97. The number of carbonyl (C=O) groups is 1. The van der Waals surface area contributed by atoms with Gasteiger partial charge in [-0.05, 0) is 35.4 Å². The predicted octanol–water partition coefficient (Wildman–Crippen LogP) is 3.06. The molecule has 0 saturated heterocycles. The summed E-state index contributed by atoms with van der Waals surface area (Å²) in [5, 5.41) is 13.6. The summed E-state index contributed by atoms with van der Waals surface area (Å²) in [5.74, 6) is -0.668. The Morgan fingerprint density at radius 2 is 1.95 bits per heavy atom. The van der Waals surface area contributed by atoms with Gasteiger partial charge in [0, 0.05) is 10.6 Å². The lowest BCUT2D eigenvalue weighted by molar-refractivity contribution is -0.115. The van der Waals surface area contributed by atoms with E-state index in [2.05, 4.69) is 5.32 Å². The van der Waals surface area contributed by atoms with Crippen molar-refractivity contribution in [2.24, 2.45) is 0 Å². The van der Waals surface area contributed by atoms with E-state index < -0.39 is 11.9 Å². The Labute approximate surface area is 120 Å². The highest BCUT2D eigenvalue weighted by Gasteiger charge is 2.25. The van der Waals surface area contributed by atoms with Gasteiger partial charge >= 0.3 is 0 Å². The third-order valence-corrected chi connectivity index (χ3v) is 3.56. The molecule has 1 atom stereocenters. The van der Waals surface area contributed by atoms with Gasteiger partial charge in [0.25, 0.3) is 0 Å². The highest BCUT2D eigenvalue weighted by atomic mass is 35.5. The zero-order chi connectivity index (χ0) is 14.3. The first-order valence-electron chi connectivity index (χ1n) is 6.10. The molecule has 3 rings (SSSR count). The summed E-state index contributed by atoms with van der Waals surface area (Å²) >= 11 is 5.80. The number of aliphatic hydroxyl groups is 1. The van der Waals surface area contributed by atoms with Crippen LogP contribution in [0.5, 0.6) is 0 Å². The van der Waals surface area contributed by atoms with Crippen LogP contribution in [0.3, 0.4) is 0 Å². The monoisotopic (exact) mass is 291 g/mol. The van der Waals surface area contributed by atoms with E-state index in [-0.39, 0.29) is 12.3 Å². The number of amides is 1. The Morgan fingerprint density at radius 1 is 1.25 bits per heavy atom. The topological polar surface area (TPSA) is 49.3 Å². The summed E-state index contributed by atoms with van der Waals surface area (Å²) in [4.78, 5) is 11.4. The first kappa shape index (κ1) is 13.1. The summed E-state index contributed by atoms with van der Waals surface area (Å²) in [6, 6.07) is 9.19. The molecule has 0 fully saturated rings. The molecule has 1 unspecified atom stereocenters. The molecule has 2 N–H and O–H groups in total. The molecule has 0 radical (unpaired) electrons. The van der Waals surface area contributed by atoms with Gasteiger partial charge in [0.2, 0.25) is 5.91 Å². The van der Waals surface area contributed by atoms with Gasteiger partial charge in [-0.1, -0.05) is 23.7 Å². The number of aliphatic hydroxyl groups excluding tert-OH is 1. The zero-order valence-electron chi connectivity index (χ0n) is 10.4. The smallest absolute Gasteiger partial charge is 0.228 e. The molecule has 0 bridgehead atoms. The molecule has 0 aliphatic carbocycles. The average Bonchev–Trinajstić information content (AvgIpc) is 2.78. The molecule has 0 spiro atoms. The first-order valence-corrected chi connectivity index (χ1v) is 6.48. The van der Waals surface area contributed by atoms with Gasteiger partial charge in [-0.3, -0.25) is 4.79 Å². The largest absolute Gasteiger partial charge is 0.384 e. The number of anilines is 1. The SMILES string of the molecule is O=C1Cc2cc(F)cc(C(O)c3ccc(Cl)cc3)c2N1. The summed E-state index contributed by atoms with van der Waals surface area (Å²) in [6.45, 7) is 0. The van der Waals surface area contributed by atoms with Crippen molar-refractivity contribution in [1.29, 1.82) is 0 Å². The zero-order valence-corrected chi connectivity index (χ0v) is 11.1. The maximum Gasteiger partial charge on any atom is 0.228 e. The molecule has 2 aromatic carbocycles. The molecule has 1 aliphatic rings. The first-order chi connectivity index (χ1) is 9.54. The van der Waals surface area contributed by atoms with Crippen molar-refractivity contribution in [2.45, 2.75) is 12.5 Å². The molecule has 20 heavy (non-hydrogen) atoms. The Kier molecular flexibility index (Phi) is 3.20. The van der Waals surface area contributed by atoms with Crippen LogP contribution in [0.15, 0.2) is 36.4 Å². The fourth-order valence-corrected chi connectivity index (χ4v) is 2.50. The van der Waals surface area contributed by atoms with E-state index >= 15 is 0 Å². The Balaban J connectivity index is 2.06. The van der Waals surface area contributed by atoms with E-state index in [4.69, 9.17) is 11.6 Å². The quantitative estimate of drug-likeness (QED) is 0.893. The number of halogens is 2. The second-order valence-corrected chi connectivity index (χ2v) is 5.14. The molecule has 0 aromatic heterocycles. The van der Waals surface area contributed by atoms with Crippen LogP contribution in [0.1, 0.15) is 22.8 Å². The molecule has 102 valence electrons. The summed E-state index contributed by atoms with van der Waals surface area (Å²) in [6.07, 6.45) is -0.886. The number of rotatable bonds is 2. The van der Waals surface area contributed by atoms with Crippen LogP contribution in [0.2, 0.25) is 5.02 Å². The van der Waals surface area contributed by atoms with Gasteiger partial charge in [-0.15, -0.1) is 0 Å². The fraction of sp³-hybridized carbons (Fsp3) is 0.133. The van der Waals surface area contributed by atoms with E-state index in [1.807, 2.05) is 0 Å². The van der Waals surface area contributed by atoms with Crippen molar-refractivity contribution >= 4 is 23.2 Å². The maximum atomic E-state index is 13.6. The fourth-order valence-electron chi connectivity index (χ4n) is 2.38. The molecule has 1 aliphatic heterocycles. The maximum absolute atomic E-state index is 13.6. The van der Waals surface area contributed by atoms with Gasteiger partial charge in [-0.2, -0.15) is 0 Å². The van der Waals surface area contributed by atoms with Crippen LogP contribution in [-0.4, -0.2) is 11.0 Å². The van der Waals surface area contributed by atoms with Crippen LogP contribution in [-0.2, 0) is 11.2 Å².